The molecule has 6 heteroatoms. The fourth-order valence-corrected chi connectivity index (χ4v) is 4.23. The number of carbonyl (C=O) groups is 2. The average Bonchev–Trinajstić information content (AvgIpc) is 2.89. The maximum Gasteiger partial charge on any atom is 0.240 e. The van der Waals surface area contributed by atoms with Crippen LogP contribution in [0.25, 0.3) is 0 Å². The molecule has 1 heterocycles. The van der Waals surface area contributed by atoms with Crippen LogP contribution in [0.2, 0.25) is 5.02 Å². The topological polar surface area (TPSA) is 37.4 Å². The smallest absolute Gasteiger partial charge is 0.240 e. The molecule has 1 aromatic rings. The van der Waals surface area contributed by atoms with E-state index in [0.29, 0.717) is 4.47 Å². The Labute approximate surface area is 129 Å². The highest BCUT2D eigenvalue weighted by Gasteiger charge is 2.53. The molecule has 1 spiro atoms. The minimum absolute atomic E-state index is 0.0635. The zero-order chi connectivity index (χ0) is 14.5. The van der Waals surface area contributed by atoms with Gasteiger partial charge in [-0.2, -0.15) is 0 Å². The van der Waals surface area contributed by atoms with Crippen LogP contribution in [0.1, 0.15) is 32.1 Å². The van der Waals surface area contributed by atoms with Crippen molar-refractivity contribution < 1.29 is 14.0 Å². The molecule has 0 radical (unpaired) electrons. The Morgan fingerprint density at radius 2 is 1.90 bits per heavy atom. The lowest BCUT2D eigenvalue weighted by molar-refractivity contribution is -0.125. The van der Waals surface area contributed by atoms with E-state index >= 15 is 0 Å². The Morgan fingerprint density at radius 1 is 1.25 bits per heavy atom. The van der Waals surface area contributed by atoms with Crippen LogP contribution in [-0.4, -0.2) is 11.8 Å². The molecule has 1 saturated heterocycles. The number of amides is 2. The van der Waals surface area contributed by atoms with Gasteiger partial charge >= 0.3 is 0 Å². The van der Waals surface area contributed by atoms with Crippen LogP contribution in [0.3, 0.4) is 0 Å². The summed E-state index contributed by atoms with van der Waals surface area (Å²) in [7, 11) is 0. The summed E-state index contributed by atoms with van der Waals surface area (Å²) in [6, 6.07) is 2.32. The Balaban J connectivity index is 2.07. The van der Waals surface area contributed by atoms with Crippen molar-refractivity contribution in [2.75, 3.05) is 4.90 Å². The van der Waals surface area contributed by atoms with Gasteiger partial charge in [0.15, 0.2) is 0 Å². The third-order valence-electron chi connectivity index (χ3n) is 4.16. The third kappa shape index (κ3) is 1.99. The number of hydrogen-bond donors (Lipinski definition) is 0. The number of imide groups is 1. The summed E-state index contributed by atoms with van der Waals surface area (Å²) in [6.45, 7) is 0. The number of anilines is 1. The monoisotopic (exact) mass is 359 g/mol. The predicted molar refractivity (Wildman–Crippen MR) is 77.1 cm³/mol. The molecule has 2 fully saturated rings. The summed E-state index contributed by atoms with van der Waals surface area (Å²) >= 11 is 9.21. The summed E-state index contributed by atoms with van der Waals surface area (Å²) in [4.78, 5) is 26.1. The predicted octanol–water partition coefficient (Wildman–Crippen LogP) is 4.07. The third-order valence-corrected chi connectivity index (χ3v) is 5.05. The quantitative estimate of drug-likeness (QED) is 0.708. The highest BCUT2D eigenvalue weighted by Crippen LogP contribution is 2.50. The molecule has 3 nitrogen and oxygen atoms in total. The highest BCUT2D eigenvalue weighted by atomic mass is 79.9. The SMILES string of the molecule is O=C1CC2(CCCC2)C(=O)N1c1c(Cl)cc(F)cc1Br. The van der Waals surface area contributed by atoms with E-state index in [1.165, 1.54) is 6.07 Å². The second kappa shape index (κ2) is 4.81. The van der Waals surface area contributed by atoms with Crippen molar-refractivity contribution in [3.05, 3.63) is 27.4 Å². The van der Waals surface area contributed by atoms with Crippen molar-refractivity contribution in [2.45, 2.75) is 32.1 Å². The van der Waals surface area contributed by atoms with Crippen LogP contribution >= 0.6 is 27.5 Å². The van der Waals surface area contributed by atoms with Gasteiger partial charge in [-0.25, -0.2) is 9.29 Å². The lowest BCUT2D eigenvalue weighted by atomic mass is 9.84. The van der Waals surface area contributed by atoms with Crippen molar-refractivity contribution in [1.29, 1.82) is 0 Å². The zero-order valence-corrected chi connectivity index (χ0v) is 12.9. The van der Waals surface area contributed by atoms with Gasteiger partial charge in [-0.1, -0.05) is 24.4 Å². The van der Waals surface area contributed by atoms with Gasteiger partial charge in [-0.05, 0) is 40.9 Å². The molecule has 1 aromatic carbocycles. The molecule has 2 amide bonds. The highest BCUT2D eigenvalue weighted by molar-refractivity contribution is 9.10. The number of rotatable bonds is 1. The van der Waals surface area contributed by atoms with E-state index in [0.717, 1.165) is 36.6 Å². The first kappa shape index (κ1) is 14.0. The summed E-state index contributed by atoms with van der Waals surface area (Å²) in [5.74, 6) is -0.972. The summed E-state index contributed by atoms with van der Waals surface area (Å²) < 4.78 is 13.6. The summed E-state index contributed by atoms with van der Waals surface area (Å²) in [5, 5.41) is 0.0635. The molecule has 106 valence electrons. The number of benzene rings is 1. The molecule has 3 rings (SSSR count). The standard InChI is InChI=1S/C14H12BrClFNO2/c15-9-5-8(17)6-10(16)12(9)18-11(19)7-14(13(18)20)3-1-2-4-14/h5-6H,1-4,7H2. The first-order valence-corrected chi connectivity index (χ1v) is 7.64. The maximum atomic E-state index is 13.3. The Kier molecular flexibility index (Phi) is 3.37. The molecular formula is C14H12BrClFNO2. The van der Waals surface area contributed by atoms with E-state index in [1.807, 2.05) is 0 Å². The van der Waals surface area contributed by atoms with Gasteiger partial charge in [0.1, 0.15) is 5.82 Å². The van der Waals surface area contributed by atoms with Crippen LogP contribution in [0.4, 0.5) is 10.1 Å². The first-order valence-electron chi connectivity index (χ1n) is 6.46. The Hall–Kier alpha value is -0.940. The van der Waals surface area contributed by atoms with E-state index in [4.69, 9.17) is 11.6 Å². The van der Waals surface area contributed by atoms with E-state index in [-0.39, 0.29) is 28.9 Å². The molecule has 1 aliphatic heterocycles. The number of halogens is 3. The van der Waals surface area contributed by atoms with Gasteiger partial charge in [0.05, 0.1) is 16.1 Å². The largest absolute Gasteiger partial charge is 0.274 e. The fourth-order valence-electron chi connectivity index (χ4n) is 3.21. The van der Waals surface area contributed by atoms with Crippen molar-refractivity contribution in [3.63, 3.8) is 0 Å². The van der Waals surface area contributed by atoms with Gasteiger partial charge in [0, 0.05) is 10.9 Å². The molecular weight excluding hydrogens is 349 g/mol. The van der Waals surface area contributed by atoms with Gasteiger partial charge in [-0.15, -0.1) is 0 Å². The van der Waals surface area contributed by atoms with Crippen LogP contribution in [-0.2, 0) is 9.59 Å². The van der Waals surface area contributed by atoms with Crippen molar-refractivity contribution >= 4 is 45.0 Å². The van der Waals surface area contributed by atoms with Crippen molar-refractivity contribution in [3.8, 4) is 0 Å². The second-order valence-electron chi connectivity index (χ2n) is 5.42. The summed E-state index contributed by atoms with van der Waals surface area (Å²) in [6.07, 6.45) is 3.64. The van der Waals surface area contributed by atoms with Gasteiger partial charge in [0.2, 0.25) is 11.8 Å². The molecule has 20 heavy (non-hydrogen) atoms. The average molecular weight is 361 g/mol. The maximum absolute atomic E-state index is 13.3. The van der Waals surface area contributed by atoms with Crippen molar-refractivity contribution in [2.24, 2.45) is 5.41 Å². The molecule has 0 unspecified atom stereocenters. The zero-order valence-electron chi connectivity index (χ0n) is 10.6. The number of nitrogens with zero attached hydrogens (tertiary/aromatic N) is 1. The molecule has 1 aliphatic carbocycles. The van der Waals surface area contributed by atoms with Gasteiger partial charge in [-0.3, -0.25) is 9.59 Å². The lowest BCUT2D eigenvalue weighted by Crippen LogP contribution is -2.34. The van der Waals surface area contributed by atoms with Crippen LogP contribution in [0.5, 0.6) is 0 Å². The molecule has 0 N–H and O–H groups in total. The molecule has 0 aromatic heterocycles. The van der Waals surface area contributed by atoms with E-state index in [2.05, 4.69) is 15.9 Å². The molecule has 0 atom stereocenters. The second-order valence-corrected chi connectivity index (χ2v) is 6.68. The molecule has 1 saturated carbocycles. The lowest BCUT2D eigenvalue weighted by Gasteiger charge is -2.22. The number of carbonyl (C=O) groups excluding carboxylic acids is 2. The van der Waals surface area contributed by atoms with Crippen LogP contribution in [0.15, 0.2) is 16.6 Å². The van der Waals surface area contributed by atoms with Gasteiger partial charge in [0.25, 0.3) is 0 Å². The fraction of sp³-hybridized carbons (Fsp3) is 0.429. The van der Waals surface area contributed by atoms with Crippen molar-refractivity contribution in [1.82, 2.24) is 0 Å². The molecule has 2 aliphatic rings. The first-order chi connectivity index (χ1) is 9.44. The van der Waals surface area contributed by atoms with Gasteiger partial charge < -0.3 is 0 Å². The minimum Gasteiger partial charge on any atom is -0.274 e. The summed E-state index contributed by atoms with van der Waals surface area (Å²) in [5.41, 5.74) is -0.305. The number of hydrogen-bond acceptors (Lipinski definition) is 2. The van der Waals surface area contributed by atoms with Crippen LogP contribution in [0, 0.1) is 11.2 Å². The van der Waals surface area contributed by atoms with E-state index in [1.54, 1.807) is 0 Å². The minimum atomic E-state index is -0.561. The van der Waals surface area contributed by atoms with E-state index in [9.17, 15) is 14.0 Å². The van der Waals surface area contributed by atoms with E-state index < -0.39 is 11.2 Å². The Morgan fingerprint density at radius 3 is 2.50 bits per heavy atom. The molecule has 0 bridgehead atoms. The normalized spacial score (nSPS) is 21.2. The van der Waals surface area contributed by atoms with Crippen LogP contribution < -0.4 is 4.90 Å². The Bertz CT molecular complexity index is 590.